The molecular weight excluding hydrogens is 1520 g/mol. The number of H-pyrrole nitrogens is 4. The number of aromatic nitrogens is 8. The summed E-state index contributed by atoms with van der Waals surface area (Å²) in [4.78, 5) is 34.5. The third-order valence-electron chi connectivity index (χ3n) is 24.4. The Morgan fingerprint density at radius 1 is 0.449 bits per heavy atom. The lowest BCUT2D eigenvalue weighted by atomic mass is 9.88. The van der Waals surface area contributed by atoms with Gasteiger partial charge in [0.1, 0.15) is 0 Å². The minimum absolute atomic E-state index is 0. The molecule has 8 bridgehead atoms. The lowest BCUT2D eigenvalue weighted by molar-refractivity contribution is -0.836. The van der Waals surface area contributed by atoms with Crippen LogP contribution in [0.2, 0.25) is 0 Å². The molecule has 0 amide bonds. The first-order valence-corrected chi connectivity index (χ1v) is 41.2. The van der Waals surface area contributed by atoms with E-state index in [2.05, 4.69) is 313 Å². The first-order valence-electron chi connectivity index (χ1n) is 40.4. The standard InChI is InChI=1S/C39H31BrN4.C38H34N4.C10H12O.C9H10N2.C6H12BO2.CH4/c1-20-15-22(3)34(23(4)16-20)36-28-9-7-26-19-27-8-10-29-37(35-24(5)17-21(2)18-25(35)6)31-12-14-33-38(40)32-13-11-30(36)43(32)39(41(26)28,42(27)29)44(31)33;1-21-15-23(3)35(24(4)16-21)37-31-11-7-27(39-31)19-29-9-13-33(41-29)38(36-25(5)17-22(2)18-26(36)6)34-14-10-30(42-34)20-28-8-12-32(37)40-28;1-7-4-8(2)10(6-11)9(3)5-7;1-3-8(10-5-1)7-9-4-2-6-11-9;1-5(2)6(3,4)9-7-8-5;/h7-19H,1-6H3;7-20,39-40H,1-6H3;4-6H,1-3H3;1-6,10-11H,7H2;1-4H3;1H4/q+2;;;;;. The molecule has 1 atom stereocenters. The van der Waals surface area contributed by atoms with Crippen LogP contribution in [0.15, 0.2) is 198 Å². The summed E-state index contributed by atoms with van der Waals surface area (Å²) in [6.07, 6.45) is 25.9. The average Bonchev–Trinajstić information content (AvgIpc) is 1.43. The fraction of sp³-hybridized carbons (Fsp3) is 0.233. The van der Waals surface area contributed by atoms with Crippen molar-refractivity contribution in [3.63, 3.8) is 0 Å². The zero-order valence-corrected chi connectivity index (χ0v) is 71.9. The van der Waals surface area contributed by atoms with Crippen LogP contribution in [0.3, 0.4) is 0 Å². The number of hydrogen-bond acceptors (Lipinski definition) is 5. The highest BCUT2D eigenvalue weighted by atomic mass is 79.9. The summed E-state index contributed by atoms with van der Waals surface area (Å²) in [6, 6.07) is 52.7. The Kier molecular flexibility index (Phi) is 20.6. The highest BCUT2D eigenvalue weighted by Crippen LogP contribution is 2.52. The third kappa shape index (κ3) is 13.6. The van der Waals surface area contributed by atoms with Gasteiger partial charge in [-0.1, -0.05) is 105 Å². The molecule has 12 aromatic rings. The highest BCUT2D eigenvalue weighted by Gasteiger charge is 2.72. The molecule has 1 fully saturated rings. The number of nitrogens with one attached hydrogen (secondary N) is 4. The Hall–Kier alpha value is -12.0. The van der Waals surface area contributed by atoms with Gasteiger partial charge in [0.15, 0.2) is 10.8 Å². The van der Waals surface area contributed by atoms with Gasteiger partial charge >= 0.3 is 13.6 Å². The van der Waals surface area contributed by atoms with Gasteiger partial charge in [-0.3, -0.25) is 4.79 Å². The van der Waals surface area contributed by atoms with Gasteiger partial charge in [-0.15, -0.1) is 0 Å². The molecule has 7 aromatic heterocycles. The Balaban J connectivity index is 0.000000129. The molecule has 1 radical (unpaired) electrons. The van der Waals surface area contributed by atoms with Crippen LogP contribution >= 0.6 is 15.9 Å². The minimum Gasteiger partial charge on any atom is -0.405 e. The van der Waals surface area contributed by atoms with Gasteiger partial charge in [-0.05, 0) is 341 Å². The number of nitrogens with zero attached hydrogens (tertiary/aromatic N) is 6. The molecule has 21 rings (SSSR count). The number of fused-ring (bicyclic) bond motifs is 8. The van der Waals surface area contributed by atoms with Crippen LogP contribution in [0.4, 0.5) is 0 Å². The number of aldehydes is 1. The van der Waals surface area contributed by atoms with Crippen LogP contribution in [-0.4, -0.2) is 84.8 Å². The molecule has 9 aliphatic heterocycles. The quantitative estimate of drug-likeness (QED) is 0.0715. The van der Waals surface area contributed by atoms with Crippen molar-refractivity contribution >= 4 is 105 Å². The SMILES string of the molecule is C.CC1(C)O[B]OC1(C)C.Cc1cc(C)c(-c2c3nc(cc4ccc([nH]4)c(-c4c(C)cc(C)cc4C)c4ccc(cc5nc2C=C5)[nH]4)C=C3)c(C)c1.Cc1cc(C)c(C2=C3C=CC4=[N+]3C35n6c(ccc62)C=c2ccc(n23)=C(c2c(C)cc(C)cc2C)C2=[N+]5C(=C4Br)C=C2)c(C)c1.Cc1cc(C)c(C=O)c(C)c1.c1c[nH]c(Cc2ccc[nH]2)c1. The van der Waals surface area contributed by atoms with Crippen molar-refractivity contribution in [2.24, 2.45) is 0 Å². The molecule has 0 aliphatic carbocycles. The van der Waals surface area contributed by atoms with Gasteiger partial charge < -0.3 is 29.2 Å². The first-order chi connectivity index (χ1) is 56.0. The number of carbonyl (C=O) groups excluding carboxylic acids is 1. The summed E-state index contributed by atoms with van der Waals surface area (Å²) in [6.45, 7) is 40.5. The Labute approximate surface area is 701 Å². The van der Waals surface area contributed by atoms with Crippen molar-refractivity contribution in [2.75, 3.05) is 0 Å². The lowest BCUT2D eigenvalue weighted by Gasteiger charge is -2.40. The first kappa shape index (κ1) is 79.8. The lowest BCUT2D eigenvalue weighted by Crippen LogP contribution is -2.70. The monoisotopic (exact) mass is 1620 g/mol. The number of allylic oxidation sites excluding steroid dienone is 5. The molecule has 591 valence electrons. The van der Waals surface area contributed by atoms with E-state index in [0.717, 1.165) is 89.8 Å². The van der Waals surface area contributed by atoms with Crippen molar-refractivity contribution in [3.05, 3.63) is 355 Å². The molecular formula is C103H103BBrN10O3+2. The average molecular weight is 1620 g/mol. The molecule has 1 spiro atoms. The topological polar surface area (TPSA) is 140 Å². The molecule has 0 saturated carbocycles. The van der Waals surface area contributed by atoms with Gasteiger partial charge in [0.05, 0.1) is 67.2 Å². The number of aromatic amines is 4. The Morgan fingerprint density at radius 3 is 1.35 bits per heavy atom. The second kappa shape index (κ2) is 30.5. The number of carbonyl (C=O) groups is 1. The van der Waals surface area contributed by atoms with E-state index in [1.807, 2.05) is 85.1 Å². The number of aryl methyl sites for hydroxylation is 15. The van der Waals surface area contributed by atoms with Crippen LogP contribution in [0.5, 0.6) is 0 Å². The summed E-state index contributed by atoms with van der Waals surface area (Å²) < 4.78 is 21.9. The van der Waals surface area contributed by atoms with Crippen molar-refractivity contribution in [1.82, 2.24) is 39.0 Å². The Morgan fingerprint density at radius 2 is 0.890 bits per heavy atom. The zero-order valence-electron chi connectivity index (χ0n) is 70.4. The van der Waals surface area contributed by atoms with Gasteiger partial charge in [0, 0.05) is 93.3 Å². The van der Waals surface area contributed by atoms with E-state index in [-0.39, 0.29) is 18.6 Å². The van der Waals surface area contributed by atoms with Crippen molar-refractivity contribution in [1.29, 1.82) is 0 Å². The summed E-state index contributed by atoms with van der Waals surface area (Å²) in [7, 11) is 1.42. The molecule has 4 N–H and O–H groups in total. The van der Waals surface area contributed by atoms with Crippen LogP contribution in [0.25, 0.3) is 85.8 Å². The molecule has 13 nitrogen and oxygen atoms in total. The molecule has 15 heteroatoms. The summed E-state index contributed by atoms with van der Waals surface area (Å²) in [5.41, 5.74) is 46.7. The maximum Gasteiger partial charge on any atom is 0.553 e. The van der Waals surface area contributed by atoms with Gasteiger partial charge in [-0.2, -0.15) is 9.13 Å². The van der Waals surface area contributed by atoms with E-state index in [9.17, 15) is 4.79 Å². The van der Waals surface area contributed by atoms with E-state index in [0.29, 0.717) is 0 Å². The van der Waals surface area contributed by atoms with Crippen molar-refractivity contribution < 1.29 is 23.3 Å². The van der Waals surface area contributed by atoms with Gasteiger partial charge in [0.2, 0.25) is 22.8 Å². The van der Waals surface area contributed by atoms with Crippen LogP contribution < -0.4 is 10.7 Å². The molecule has 118 heavy (non-hydrogen) atoms. The van der Waals surface area contributed by atoms with E-state index in [1.54, 1.807) is 0 Å². The third-order valence-corrected chi connectivity index (χ3v) is 25.2. The van der Waals surface area contributed by atoms with Crippen molar-refractivity contribution in [3.8, 4) is 22.3 Å². The second-order valence-corrected chi connectivity index (χ2v) is 34.6. The maximum absolute atomic E-state index is 10.6. The smallest absolute Gasteiger partial charge is 0.405 e. The summed E-state index contributed by atoms with van der Waals surface area (Å²) in [5, 5.41) is 2.47. The number of benzene rings is 5. The summed E-state index contributed by atoms with van der Waals surface area (Å²) in [5.74, 6) is -0.664. The molecule has 1 unspecified atom stereocenters. The fourth-order valence-electron chi connectivity index (χ4n) is 19.1. The predicted molar refractivity (Wildman–Crippen MR) is 491 cm³/mol. The van der Waals surface area contributed by atoms with Gasteiger partial charge in [-0.25, -0.2) is 9.97 Å². The number of halogens is 1. The fourth-order valence-corrected chi connectivity index (χ4v) is 19.7. The Bertz CT molecular complexity index is 6580. The van der Waals surface area contributed by atoms with Crippen LogP contribution in [0.1, 0.15) is 186 Å². The maximum atomic E-state index is 10.6. The minimum atomic E-state index is -0.664. The van der Waals surface area contributed by atoms with E-state index in [4.69, 9.17) is 19.3 Å². The normalized spacial score (nSPS) is 16.4. The number of rotatable bonds is 7. The van der Waals surface area contributed by atoms with E-state index < -0.39 is 5.91 Å². The number of hydrogen-bond donors (Lipinski definition) is 4. The van der Waals surface area contributed by atoms with Crippen LogP contribution in [0, 0.1) is 104 Å². The molecule has 5 aromatic carbocycles. The van der Waals surface area contributed by atoms with Gasteiger partial charge in [0.25, 0.3) is 0 Å². The molecule has 1 saturated heterocycles. The highest BCUT2D eigenvalue weighted by molar-refractivity contribution is 9.12. The zero-order chi connectivity index (χ0) is 82.2. The molecule has 9 aliphatic rings. The largest absolute Gasteiger partial charge is 0.553 e. The summed E-state index contributed by atoms with van der Waals surface area (Å²) >= 11 is 4.12. The molecule has 16 heterocycles. The van der Waals surface area contributed by atoms with E-state index in [1.165, 1.54) is 170 Å². The van der Waals surface area contributed by atoms with Crippen LogP contribution in [-0.2, 0) is 21.6 Å². The van der Waals surface area contributed by atoms with E-state index >= 15 is 0 Å². The predicted octanol–water partition coefficient (Wildman–Crippen LogP) is 22.0. The second-order valence-electron chi connectivity index (χ2n) is 33.8. The van der Waals surface area contributed by atoms with Crippen molar-refractivity contribution in [2.45, 2.75) is 163 Å².